The van der Waals surface area contributed by atoms with Gasteiger partial charge in [0.15, 0.2) is 0 Å². The highest BCUT2D eigenvalue weighted by atomic mass is 19.1. The summed E-state index contributed by atoms with van der Waals surface area (Å²) in [5.74, 6) is -0.192. The molecule has 0 bridgehead atoms. The Kier molecular flexibility index (Phi) is 2.89. The van der Waals surface area contributed by atoms with E-state index >= 15 is 0 Å². The van der Waals surface area contributed by atoms with Crippen molar-refractivity contribution in [3.05, 3.63) is 54.3 Å². The molecule has 92 valence electrons. The molecule has 2 aromatic rings. The van der Waals surface area contributed by atoms with Gasteiger partial charge in [0.25, 0.3) is 0 Å². The summed E-state index contributed by atoms with van der Waals surface area (Å²) in [7, 11) is 0. The minimum Gasteiger partial charge on any atom is -0.383 e. The Morgan fingerprint density at radius 1 is 1.06 bits per heavy atom. The number of nitrogens with one attached hydrogen (secondary N) is 1. The van der Waals surface area contributed by atoms with Crippen LogP contribution in [0.4, 0.5) is 21.5 Å². The van der Waals surface area contributed by atoms with E-state index in [1.807, 2.05) is 18.2 Å². The number of para-hydroxylation sites is 2. The highest BCUT2D eigenvalue weighted by Gasteiger charge is 2.16. The third kappa shape index (κ3) is 2.04. The number of nitrogens with zero attached hydrogens (tertiary/aromatic N) is 1. The van der Waals surface area contributed by atoms with Crippen LogP contribution < -0.4 is 10.2 Å². The van der Waals surface area contributed by atoms with E-state index in [2.05, 4.69) is 22.3 Å². The number of anilines is 3. The minimum absolute atomic E-state index is 0.192. The van der Waals surface area contributed by atoms with Crippen molar-refractivity contribution < 1.29 is 4.39 Å². The van der Waals surface area contributed by atoms with Crippen molar-refractivity contribution in [1.29, 1.82) is 0 Å². The molecule has 18 heavy (non-hydrogen) atoms. The molecule has 0 atom stereocenters. The first-order valence-corrected chi connectivity index (χ1v) is 6.20. The number of hydrogen-bond donors (Lipinski definition) is 1. The predicted octanol–water partition coefficient (Wildman–Crippen LogP) is 3.78. The Hall–Kier alpha value is -2.03. The summed E-state index contributed by atoms with van der Waals surface area (Å²) in [5, 5.41) is 3.40. The fourth-order valence-corrected chi connectivity index (χ4v) is 2.35. The quantitative estimate of drug-likeness (QED) is 0.818. The third-order valence-corrected chi connectivity index (χ3v) is 3.19. The van der Waals surface area contributed by atoms with Crippen molar-refractivity contribution in [2.24, 2.45) is 0 Å². The van der Waals surface area contributed by atoms with Crippen LogP contribution in [0, 0.1) is 5.82 Å². The maximum atomic E-state index is 13.4. The second-order valence-electron chi connectivity index (χ2n) is 4.43. The summed E-state index contributed by atoms with van der Waals surface area (Å²) in [4.78, 5) is 2.17. The number of hydrogen-bond acceptors (Lipinski definition) is 2. The monoisotopic (exact) mass is 242 g/mol. The zero-order valence-corrected chi connectivity index (χ0v) is 10.1. The van der Waals surface area contributed by atoms with Crippen LogP contribution in [0.25, 0.3) is 0 Å². The Bertz CT molecular complexity index is 554. The van der Waals surface area contributed by atoms with E-state index in [1.165, 1.54) is 6.07 Å². The molecule has 2 nitrogen and oxygen atoms in total. The summed E-state index contributed by atoms with van der Waals surface area (Å²) in [6, 6.07) is 14.9. The molecule has 0 fully saturated rings. The number of rotatable bonds is 1. The molecule has 0 amide bonds. The topological polar surface area (TPSA) is 15.3 Å². The Balaban J connectivity index is 2.06. The molecule has 1 heterocycles. The molecule has 3 heteroatoms. The molecule has 0 unspecified atom stereocenters. The fraction of sp³-hybridized carbons (Fsp3) is 0.200. The van der Waals surface area contributed by atoms with Crippen LogP contribution >= 0.6 is 0 Å². The van der Waals surface area contributed by atoms with Crippen LogP contribution in [0.15, 0.2) is 48.5 Å². The molecule has 1 aliphatic heterocycles. The van der Waals surface area contributed by atoms with E-state index in [4.69, 9.17) is 0 Å². The molecular formula is C15H15FN2. The Labute approximate surface area is 106 Å². The van der Waals surface area contributed by atoms with Gasteiger partial charge < -0.3 is 10.2 Å². The number of benzene rings is 2. The smallest absolute Gasteiger partial charge is 0.125 e. The van der Waals surface area contributed by atoms with Gasteiger partial charge in [0.1, 0.15) is 5.82 Å². The highest BCUT2D eigenvalue weighted by molar-refractivity contribution is 5.77. The van der Waals surface area contributed by atoms with Gasteiger partial charge in [-0.3, -0.25) is 0 Å². The predicted molar refractivity (Wildman–Crippen MR) is 73.0 cm³/mol. The SMILES string of the molecule is Fc1cccc(N2CCCNc3ccccc32)c1. The lowest BCUT2D eigenvalue weighted by molar-refractivity contribution is 0.627. The average molecular weight is 242 g/mol. The fourth-order valence-electron chi connectivity index (χ4n) is 2.35. The lowest BCUT2D eigenvalue weighted by Crippen LogP contribution is -2.17. The van der Waals surface area contributed by atoms with Crippen LogP contribution in [0.1, 0.15) is 6.42 Å². The first-order chi connectivity index (χ1) is 8.84. The molecule has 1 aliphatic rings. The molecule has 2 aromatic carbocycles. The van der Waals surface area contributed by atoms with Crippen LogP contribution in [0.5, 0.6) is 0 Å². The summed E-state index contributed by atoms with van der Waals surface area (Å²) < 4.78 is 13.4. The molecule has 0 spiro atoms. The van der Waals surface area contributed by atoms with E-state index in [-0.39, 0.29) is 5.82 Å². The first kappa shape index (κ1) is 11.1. The largest absolute Gasteiger partial charge is 0.383 e. The standard InChI is InChI=1S/C15H15FN2/c16-12-5-3-6-13(11-12)18-10-4-9-17-14-7-1-2-8-15(14)18/h1-3,5-8,11,17H,4,9-10H2. The lowest BCUT2D eigenvalue weighted by atomic mass is 10.2. The normalized spacial score (nSPS) is 14.6. The van der Waals surface area contributed by atoms with E-state index in [1.54, 1.807) is 12.1 Å². The minimum atomic E-state index is -0.192. The van der Waals surface area contributed by atoms with Crippen molar-refractivity contribution in [1.82, 2.24) is 0 Å². The molecule has 3 rings (SSSR count). The second kappa shape index (κ2) is 4.69. The van der Waals surface area contributed by atoms with E-state index in [0.29, 0.717) is 0 Å². The van der Waals surface area contributed by atoms with E-state index in [9.17, 15) is 4.39 Å². The van der Waals surface area contributed by atoms with E-state index < -0.39 is 0 Å². The molecule has 0 saturated carbocycles. The van der Waals surface area contributed by atoms with Crippen molar-refractivity contribution in [2.45, 2.75) is 6.42 Å². The van der Waals surface area contributed by atoms with Crippen LogP contribution in [0.3, 0.4) is 0 Å². The molecular weight excluding hydrogens is 227 g/mol. The molecule has 0 aromatic heterocycles. The van der Waals surface area contributed by atoms with Gasteiger partial charge >= 0.3 is 0 Å². The highest BCUT2D eigenvalue weighted by Crippen LogP contribution is 2.33. The van der Waals surface area contributed by atoms with Crippen molar-refractivity contribution in [3.8, 4) is 0 Å². The van der Waals surface area contributed by atoms with Crippen LogP contribution in [0.2, 0.25) is 0 Å². The Morgan fingerprint density at radius 3 is 2.83 bits per heavy atom. The summed E-state index contributed by atoms with van der Waals surface area (Å²) >= 11 is 0. The van der Waals surface area contributed by atoms with Crippen molar-refractivity contribution >= 4 is 17.1 Å². The van der Waals surface area contributed by atoms with Crippen LogP contribution in [-0.4, -0.2) is 13.1 Å². The van der Waals surface area contributed by atoms with Crippen molar-refractivity contribution in [3.63, 3.8) is 0 Å². The first-order valence-electron chi connectivity index (χ1n) is 6.20. The van der Waals surface area contributed by atoms with Crippen molar-refractivity contribution in [2.75, 3.05) is 23.3 Å². The van der Waals surface area contributed by atoms with Gasteiger partial charge in [-0.25, -0.2) is 4.39 Å². The Morgan fingerprint density at radius 2 is 1.94 bits per heavy atom. The van der Waals surface area contributed by atoms with E-state index in [0.717, 1.165) is 36.6 Å². The molecule has 0 saturated heterocycles. The average Bonchev–Trinajstić information content (AvgIpc) is 2.61. The van der Waals surface area contributed by atoms with Gasteiger partial charge in [-0.15, -0.1) is 0 Å². The maximum Gasteiger partial charge on any atom is 0.125 e. The van der Waals surface area contributed by atoms with Gasteiger partial charge in [-0.2, -0.15) is 0 Å². The van der Waals surface area contributed by atoms with Gasteiger partial charge in [0.2, 0.25) is 0 Å². The van der Waals surface area contributed by atoms with Gasteiger partial charge in [0, 0.05) is 18.8 Å². The van der Waals surface area contributed by atoms with Gasteiger partial charge in [0.05, 0.1) is 11.4 Å². The second-order valence-corrected chi connectivity index (χ2v) is 4.43. The maximum absolute atomic E-state index is 13.4. The third-order valence-electron chi connectivity index (χ3n) is 3.19. The summed E-state index contributed by atoms with van der Waals surface area (Å²) in [6.07, 6.45) is 1.03. The molecule has 0 radical (unpaired) electrons. The number of fused-ring (bicyclic) bond motifs is 1. The van der Waals surface area contributed by atoms with Gasteiger partial charge in [-0.1, -0.05) is 18.2 Å². The number of halogens is 1. The zero-order chi connectivity index (χ0) is 12.4. The lowest BCUT2D eigenvalue weighted by Gasteiger charge is -2.24. The van der Waals surface area contributed by atoms with Crippen LogP contribution in [-0.2, 0) is 0 Å². The molecule has 0 aliphatic carbocycles. The summed E-state index contributed by atoms with van der Waals surface area (Å²) in [5.41, 5.74) is 3.13. The molecule has 1 N–H and O–H groups in total. The zero-order valence-electron chi connectivity index (χ0n) is 10.1. The summed E-state index contributed by atoms with van der Waals surface area (Å²) in [6.45, 7) is 1.84. The van der Waals surface area contributed by atoms with Gasteiger partial charge in [-0.05, 0) is 36.8 Å².